The molecule has 1 aromatic rings. The smallest absolute Gasteiger partial charge is 0.252 e. The van der Waals surface area contributed by atoms with Crippen LogP contribution < -0.4 is 0 Å². The van der Waals surface area contributed by atoms with Gasteiger partial charge in [0, 0.05) is 11.3 Å². The molecular weight excluding hydrogens is 392 g/mol. The number of hydrogen-bond acceptors (Lipinski definition) is 4. The van der Waals surface area contributed by atoms with Crippen molar-refractivity contribution in [3.8, 4) is 0 Å². The second-order valence-corrected chi connectivity index (χ2v) is 12.3. The Balaban J connectivity index is 1.41. The number of fused-ring (bicyclic) bond motifs is 3. The summed E-state index contributed by atoms with van der Waals surface area (Å²) >= 11 is 1.52. The highest BCUT2D eigenvalue weighted by atomic mass is 32.2. The van der Waals surface area contributed by atoms with Gasteiger partial charge in [0.1, 0.15) is 0 Å². The van der Waals surface area contributed by atoms with Gasteiger partial charge in [-0.15, -0.1) is 0 Å². The molecule has 150 valence electrons. The number of carbonyl (C=O) groups is 1. The normalized spacial score (nSPS) is 37.0. The lowest BCUT2D eigenvalue weighted by Crippen LogP contribution is -2.47. The number of sulfone groups is 1. The Morgan fingerprint density at radius 3 is 2.79 bits per heavy atom. The molecule has 5 nitrogen and oxygen atoms in total. The second-order valence-electron chi connectivity index (χ2n) is 8.90. The molecule has 2 aliphatic carbocycles. The first-order valence-electron chi connectivity index (χ1n) is 10.2. The predicted octanol–water partition coefficient (Wildman–Crippen LogP) is 2.82. The molecule has 0 aromatic heterocycles. The Labute approximate surface area is 170 Å². The van der Waals surface area contributed by atoms with Crippen molar-refractivity contribution in [2.75, 3.05) is 11.5 Å². The van der Waals surface area contributed by atoms with E-state index in [0.717, 1.165) is 28.6 Å². The van der Waals surface area contributed by atoms with Crippen molar-refractivity contribution < 1.29 is 13.2 Å². The first-order valence-corrected chi connectivity index (χ1v) is 12.9. The Bertz CT molecular complexity index is 943. The number of aryl methyl sites for hydroxylation is 1. The van der Waals surface area contributed by atoms with Crippen LogP contribution in [0.25, 0.3) is 0 Å². The topological polar surface area (TPSA) is 66.8 Å². The Morgan fingerprint density at radius 2 is 2.07 bits per heavy atom. The number of aliphatic imine (C=N–C) groups is 1. The minimum Gasteiger partial charge on any atom is -0.343 e. The number of amidine groups is 1. The number of thioether (sulfide) groups is 1. The Morgan fingerprint density at radius 1 is 1.21 bits per heavy atom. The van der Waals surface area contributed by atoms with E-state index < -0.39 is 9.84 Å². The van der Waals surface area contributed by atoms with Gasteiger partial charge >= 0.3 is 0 Å². The second kappa shape index (κ2) is 6.87. The van der Waals surface area contributed by atoms with Crippen molar-refractivity contribution >= 4 is 32.7 Å². The lowest BCUT2D eigenvalue weighted by atomic mass is 9.93. The number of carbonyl (C=O) groups excluding carboxylic acids is 1. The van der Waals surface area contributed by atoms with Crippen LogP contribution in [0.5, 0.6) is 0 Å². The minimum atomic E-state index is -2.99. The molecule has 1 amide bonds. The maximum atomic E-state index is 12.7. The van der Waals surface area contributed by atoms with Crippen LogP contribution in [-0.4, -0.2) is 53.2 Å². The standard InChI is InChI=1S/C21H26N2O3S2/c1-13-3-2-4-14(7-13)10-20(24)22-21-23(17-9-15-5-6-16(17)8-15)18-11-28(25,26)12-19(18)27-21/h2-4,7,15-19H,5-6,8-12H2,1H3/t15-,16-,17+,18+,19+/m0/s1. The summed E-state index contributed by atoms with van der Waals surface area (Å²) in [5.74, 6) is 1.68. The van der Waals surface area contributed by atoms with Gasteiger partial charge in [-0.05, 0) is 43.6 Å². The molecule has 0 N–H and O–H groups in total. The molecular formula is C21H26N2O3S2. The number of amides is 1. The number of hydrogen-bond donors (Lipinski definition) is 0. The molecule has 0 spiro atoms. The van der Waals surface area contributed by atoms with E-state index in [9.17, 15) is 13.2 Å². The molecule has 2 saturated carbocycles. The van der Waals surface area contributed by atoms with Crippen molar-refractivity contribution in [2.24, 2.45) is 16.8 Å². The quantitative estimate of drug-likeness (QED) is 0.755. The average molecular weight is 419 g/mol. The van der Waals surface area contributed by atoms with Crippen LogP contribution in [0.3, 0.4) is 0 Å². The molecule has 4 fully saturated rings. The third kappa shape index (κ3) is 3.41. The number of benzene rings is 1. The summed E-state index contributed by atoms with van der Waals surface area (Å²) < 4.78 is 24.4. The third-order valence-corrected chi connectivity index (χ3v) is 10.0. The molecule has 1 aromatic carbocycles. The average Bonchev–Trinajstić information content (AvgIpc) is 3.34. The van der Waals surface area contributed by atoms with Gasteiger partial charge in [-0.2, -0.15) is 4.99 Å². The molecule has 7 heteroatoms. The van der Waals surface area contributed by atoms with E-state index in [1.54, 1.807) is 0 Å². The fourth-order valence-corrected chi connectivity index (χ4v) is 9.66. The zero-order valence-electron chi connectivity index (χ0n) is 16.1. The van der Waals surface area contributed by atoms with E-state index in [1.807, 2.05) is 31.2 Å². The molecule has 5 atom stereocenters. The van der Waals surface area contributed by atoms with Crippen LogP contribution >= 0.6 is 11.8 Å². The lowest BCUT2D eigenvalue weighted by Gasteiger charge is -2.36. The molecule has 0 radical (unpaired) electrons. The number of nitrogens with zero attached hydrogens (tertiary/aromatic N) is 2. The monoisotopic (exact) mass is 418 g/mol. The van der Waals surface area contributed by atoms with Crippen LogP contribution in [-0.2, 0) is 21.1 Å². The fraction of sp³-hybridized carbons (Fsp3) is 0.619. The first-order chi connectivity index (χ1) is 13.4. The van der Waals surface area contributed by atoms with E-state index in [0.29, 0.717) is 18.4 Å². The Hall–Kier alpha value is -1.34. The third-order valence-electron chi connectivity index (χ3n) is 6.82. The van der Waals surface area contributed by atoms with Gasteiger partial charge in [0.05, 0.1) is 24.0 Å². The lowest BCUT2D eigenvalue weighted by molar-refractivity contribution is -0.117. The fourth-order valence-electron chi connectivity index (χ4n) is 5.67. The minimum absolute atomic E-state index is 0.00938. The van der Waals surface area contributed by atoms with Crippen molar-refractivity contribution in [1.82, 2.24) is 4.90 Å². The maximum Gasteiger partial charge on any atom is 0.252 e. The zero-order valence-corrected chi connectivity index (χ0v) is 17.7. The molecule has 5 rings (SSSR count). The van der Waals surface area contributed by atoms with Gasteiger partial charge in [-0.25, -0.2) is 8.42 Å². The summed E-state index contributed by atoms with van der Waals surface area (Å²) in [5, 5.41) is 0.801. The summed E-state index contributed by atoms with van der Waals surface area (Å²) in [6.07, 6.45) is 5.20. The van der Waals surface area contributed by atoms with Gasteiger partial charge in [-0.1, -0.05) is 48.0 Å². The molecule has 4 aliphatic rings. The molecule has 2 heterocycles. The van der Waals surface area contributed by atoms with Crippen LogP contribution in [0.1, 0.15) is 36.8 Å². The van der Waals surface area contributed by atoms with Crippen LogP contribution in [0, 0.1) is 18.8 Å². The van der Waals surface area contributed by atoms with E-state index >= 15 is 0 Å². The number of rotatable bonds is 3. The predicted molar refractivity (Wildman–Crippen MR) is 112 cm³/mol. The summed E-state index contributed by atoms with van der Waals surface area (Å²) in [4.78, 5) is 19.5. The summed E-state index contributed by atoms with van der Waals surface area (Å²) in [6.45, 7) is 2.02. The van der Waals surface area contributed by atoms with Crippen molar-refractivity contribution in [1.29, 1.82) is 0 Å². The van der Waals surface area contributed by atoms with E-state index in [-0.39, 0.29) is 28.7 Å². The highest BCUT2D eigenvalue weighted by molar-refractivity contribution is 8.15. The largest absolute Gasteiger partial charge is 0.343 e. The Kier molecular flexibility index (Phi) is 4.58. The van der Waals surface area contributed by atoms with E-state index in [2.05, 4.69) is 9.89 Å². The zero-order chi connectivity index (χ0) is 19.5. The highest BCUT2D eigenvalue weighted by Crippen LogP contribution is 2.51. The molecule has 2 saturated heterocycles. The van der Waals surface area contributed by atoms with Crippen molar-refractivity contribution in [3.05, 3.63) is 35.4 Å². The molecule has 2 aliphatic heterocycles. The molecule has 0 unspecified atom stereocenters. The SMILES string of the molecule is Cc1cccc(CC(=O)N=C2S[C@@H]3CS(=O)(=O)C[C@H]3N2[C@@H]2C[C@H]3CC[C@H]2C3)c1. The molecule has 28 heavy (non-hydrogen) atoms. The highest BCUT2D eigenvalue weighted by Gasteiger charge is 2.54. The van der Waals surface area contributed by atoms with Crippen molar-refractivity contribution in [2.45, 2.75) is 56.4 Å². The van der Waals surface area contributed by atoms with Gasteiger partial charge < -0.3 is 4.90 Å². The van der Waals surface area contributed by atoms with Crippen LogP contribution in [0.15, 0.2) is 29.3 Å². The summed E-state index contributed by atoms with van der Waals surface area (Å²) in [7, 11) is -2.99. The van der Waals surface area contributed by atoms with Gasteiger partial charge in [-0.3, -0.25) is 4.79 Å². The van der Waals surface area contributed by atoms with E-state index in [4.69, 9.17) is 0 Å². The van der Waals surface area contributed by atoms with Crippen LogP contribution in [0.4, 0.5) is 0 Å². The van der Waals surface area contributed by atoms with Crippen molar-refractivity contribution in [3.63, 3.8) is 0 Å². The van der Waals surface area contributed by atoms with Gasteiger partial charge in [0.25, 0.3) is 5.91 Å². The maximum absolute atomic E-state index is 12.7. The first kappa shape index (κ1) is 18.7. The van der Waals surface area contributed by atoms with Gasteiger partial charge in [0.15, 0.2) is 15.0 Å². The summed E-state index contributed by atoms with van der Waals surface area (Å²) in [6, 6.07) is 8.32. The van der Waals surface area contributed by atoms with Gasteiger partial charge in [0.2, 0.25) is 0 Å². The summed E-state index contributed by atoms with van der Waals surface area (Å²) in [5.41, 5.74) is 2.11. The van der Waals surface area contributed by atoms with Crippen LogP contribution in [0.2, 0.25) is 0 Å². The molecule has 2 bridgehead atoms. The van der Waals surface area contributed by atoms with E-state index in [1.165, 1.54) is 31.0 Å².